The third-order valence-electron chi connectivity index (χ3n) is 5.73. The van der Waals surface area contributed by atoms with Gasteiger partial charge < -0.3 is 0 Å². The molecule has 2 unspecified atom stereocenters. The van der Waals surface area contributed by atoms with Crippen molar-refractivity contribution in [2.45, 2.75) is 51.5 Å². The van der Waals surface area contributed by atoms with E-state index in [1.54, 1.807) is 0 Å². The van der Waals surface area contributed by atoms with Crippen LogP contribution in [0.5, 0.6) is 0 Å². The lowest BCUT2D eigenvalue weighted by Gasteiger charge is -2.25. The molecule has 2 atom stereocenters. The van der Waals surface area contributed by atoms with Gasteiger partial charge in [0, 0.05) is 29.1 Å². The van der Waals surface area contributed by atoms with Gasteiger partial charge >= 0.3 is 6.18 Å². The van der Waals surface area contributed by atoms with Crippen LogP contribution >= 0.6 is 22.9 Å². The zero-order chi connectivity index (χ0) is 24.6. The predicted octanol–water partition coefficient (Wildman–Crippen LogP) is 6.04. The number of alkyl halides is 3. The van der Waals surface area contributed by atoms with E-state index in [4.69, 9.17) is 11.6 Å². The van der Waals surface area contributed by atoms with Gasteiger partial charge in [-0.1, -0.05) is 22.9 Å². The Bertz CT molecular complexity index is 1190. The van der Waals surface area contributed by atoms with Crippen LogP contribution in [0.1, 0.15) is 47.6 Å². The first-order valence-corrected chi connectivity index (χ1v) is 11.6. The Morgan fingerprint density at radius 3 is 2.50 bits per heavy atom. The van der Waals surface area contributed by atoms with Gasteiger partial charge in [-0.05, 0) is 44.9 Å². The van der Waals surface area contributed by atoms with Gasteiger partial charge in [0.1, 0.15) is 16.7 Å². The number of hydrogen-bond donors (Lipinski definition) is 1. The summed E-state index contributed by atoms with van der Waals surface area (Å²) >= 11 is 6.83. The van der Waals surface area contributed by atoms with Crippen LogP contribution in [0, 0.1) is 5.82 Å². The number of carbonyl (C=O) groups is 1. The summed E-state index contributed by atoms with van der Waals surface area (Å²) in [5.41, 5.74) is -0.926. The number of halogens is 5. The lowest BCUT2D eigenvalue weighted by Crippen LogP contribution is -2.31. The van der Waals surface area contributed by atoms with E-state index in [-0.39, 0.29) is 39.3 Å². The van der Waals surface area contributed by atoms with Crippen molar-refractivity contribution in [1.82, 2.24) is 19.9 Å². The van der Waals surface area contributed by atoms with Crippen molar-refractivity contribution in [2.75, 3.05) is 5.32 Å². The lowest BCUT2D eigenvalue weighted by molar-refractivity contribution is -0.137. The molecule has 6 nitrogen and oxygen atoms in total. The smallest absolute Gasteiger partial charge is 0.296 e. The molecule has 0 spiro atoms. The van der Waals surface area contributed by atoms with Gasteiger partial charge in [0.05, 0.1) is 23.7 Å². The maximum Gasteiger partial charge on any atom is 0.416 e. The summed E-state index contributed by atoms with van der Waals surface area (Å²) in [5, 5.41) is 2.88. The number of thiazole rings is 1. The van der Waals surface area contributed by atoms with Gasteiger partial charge in [-0.3, -0.25) is 15.0 Å². The largest absolute Gasteiger partial charge is 0.416 e. The maximum atomic E-state index is 14.1. The maximum absolute atomic E-state index is 14.1. The predicted molar refractivity (Wildman–Crippen MR) is 121 cm³/mol. The molecule has 1 saturated heterocycles. The molecule has 1 aliphatic rings. The molecular weight excluding hydrogens is 494 g/mol. The summed E-state index contributed by atoms with van der Waals surface area (Å²) < 4.78 is 54.1. The first-order chi connectivity index (χ1) is 16.0. The number of benzene rings is 1. The Kier molecular flexibility index (Phi) is 6.88. The van der Waals surface area contributed by atoms with Crippen molar-refractivity contribution < 1.29 is 22.4 Å². The number of nitrogens with one attached hydrogen (secondary N) is 1. The minimum Gasteiger partial charge on any atom is -0.296 e. The van der Waals surface area contributed by atoms with Crippen molar-refractivity contribution in [3.8, 4) is 11.3 Å². The summed E-state index contributed by atoms with van der Waals surface area (Å²) in [6, 6.07) is 2.87. The first kappa shape index (κ1) is 24.5. The Morgan fingerprint density at radius 1 is 1.18 bits per heavy atom. The molecule has 1 fully saturated rings. The Balaban J connectivity index is 1.72. The number of aromatic nitrogens is 3. The third kappa shape index (κ3) is 5.37. The SMILES string of the molecule is CC1CCC(C)N1Cc1sc(NC(=O)c2cnc(Cl)cn2)nc1-c1cc(F)cc(C(F)(F)F)c1. The fourth-order valence-corrected chi connectivity index (χ4v) is 5.03. The molecule has 0 bridgehead atoms. The normalized spacial score (nSPS) is 18.9. The fourth-order valence-electron chi connectivity index (χ4n) is 3.94. The van der Waals surface area contributed by atoms with Gasteiger partial charge in [-0.25, -0.2) is 19.3 Å². The second-order valence-electron chi connectivity index (χ2n) is 8.14. The van der Waals surface area contributed by atoms with Crippen LogP contribution in [-0.4, -0.2) is 37.8 Å². The molecule has 1 amide bonds. The molecular formula is C22H20ClF4N5OS. The van der Waals surface area contributed by atoms with Crippen LogP contribution in [0.3, 0.4) is 0 Å². The average Bonchev–Trinajstić information content (AvgIpc) is 3.31. The van der Waals surface area contributed by atoms with Crippen molar-refractivity contribution >= 4 is 34.0 Å². The van der Waals surface area contributed by atoms with Gasteiger partial charge in [0.25, 0.3) is 5.91 Å². The molecule has 2 aromatic heterocycles. The topological polar surface area (TPSA) is 71.0 Å². The Morgan fingerprint density at radius 2 is 1.88 bits per heavy atom. The minimum atomic E-state index is -4.71. The van der Waals surface area contributed by atoms with Crippen LogP contribution in [0.15, 0.2) is 30.6 Å². The van der Waals surface area contributed by atoms with E-state index in [0.29, 0.717) is 17.5 Å². The summed E-state index contributed by atoms with van der Waals surface area (Å²) in [6.45, 7) is 4.57. The van der Waals surface area contributed by atoms with E-state index in [1.165, 1.54) is 12.4 Å². The Hall–Kier alpha value is -2.63. The van der Waals surface area contributed by atoms with Gasteiger partial charge in [-0.2, -0.15) is 13.2 Å². The quantitative estimate of drug-likeness (QED) is 0.421. The summed E-state index contributed by atoms with van der Waals surface area (Å²) in [7, 11) is 0. The van der Waals surface area contributed by atoms with E-state index >= 15 is 0 Å². The minimum absolute atomic E-state index is 0.00500. The highest BCUT2D eigenvalue weighted by atomic mass is 35.5. The lowest BCUT2D eigenvalue weighted by atomic mass is 10.1. The number of likely N-dealkylation sites (tertiary alicyclic amines) is 1. The molecule has 12 heteroatoms. The highest BCUT2D eigenvalue weighted by molar-refractivity contribution is 7.16. The van der Waals surface area contributed by atoms with E-state index < -0.39 is 23.5 Å². The number of anilines is 1. The molecule has 34 heavy (non-hydrogen) atoms. The molecule has 3 aromatic rings. The summed E-state index contributed by atoms with van der Waals surface area (Å²) in [6.07, 6.45) is -0.312. The van der Waals surface area contributed by atoms with Crippen molar-refractivity contribution in [3.05, 3.63) is 57.7 Å². The molecule has 0 saturated carbocycles. The van der Waals surface area contributed by atoms with Crippen molar-refractivity contribution in [1.29, 1.82) is 0 Å². The summed E-state index contributed by atoms with van der Waals surface area (Å²) in [4.78, 5) is 27.5. The van der Waals surface area contributed by atoms with Crippen LogP contribution < -0.4 is 5.32 Å². The van der Waals surface area contributed by atoms with E-state index in [1.807, 2.05) is 0 Å². The summed E-state index contributed by atoms with van der Waals surface area (Å²) in [5.74, 6) is -1.62. The zero-order valence-electron chi connectivity index (χ0n) is 18.2. The average molecular weight is 514 g/mol. The van der Waals surface area contributed by atoms with Crippen molar-refractivity contribution in [2.24, 2.45) is 0 Å². The van der Waals surface area contributed by atoms with Crippen LogP contribution in [0.25, 0.3) is 11.3 Å². The molecule has 4 rings (SSSR count). The molecule has 3 heterocycles. The highest BCUT2D eigenvalue weighted by Crippen LogP contribution is 2.38. The number of carbonyl (C=O) groups excluding carboxylic acids is 1. The molecule has 0 radical (unpaired) electrons. The van der Waals surface area contributed by atoms with Gasteiger partial charge in [0.15, 0.2) is 5.13 Å². The monoisotopic (exact) mass is 513 g/mol. The molecule has 180 valence electrons. The second-order valence-corrected chi connectivity index (χ2v) is 9.61. The number of amides is 1. The molecule has 1 aromatic carbocycles. The first-order valence-electron chi connectivity index (χ1n) is 10.4. The van der Waals surface area contributed by atoms with E-state index in [9.17, 15) is 22.4 Å². The zero-order valence-corrected chi connectivity index (χ0v) is 19.7. The highest BCUT2D eigenvalue weighted by Gasteiger charge is 2.33. The molecule has 1 N–H and O–H groups in total. The van der Waals surface area contributed by atoms with Crippen molar-refractivity contribution in [3.63, 3.8) is 0 Å². The molecule has 1 aliphatic heterocycles. The van der Waals surface area contributed by atoms with Crippen LogP contribution in [0.2, 0.25) is 5.15 Å². The molecule has 0 aliphatic carbocycles. The number of rotatable bonds is 5. The van der Waals surface area contributed by atoms with Crippen LogP contribution in [0.4, 0.5) is 22.7 Å². The van der Waals surface area contributed by atoms with E-state index in [2.05, 4.69) is 39.0 Å². The van der Waals surface area contributed by atoms with Gasteiger partial charge in [0.2, 0.25) is 0 Å². The van der Waals surface area contributed by atoms with Gasteiger partial charge in [-0.15, -0.1) is 0 Å². The van der Waals surface area contributed by atoms with E-state index in [0.717, 1.165) is 36.3 Å². The third-order valence-corrected chi connectivity index (χ3v) is 6.88. The number of hydrogen-bond acceptors (Lipinski definition) is 6. The number of nitrogens with zero attached hydrogens (tertiary/aromatic N) is 4. The Labute approximate surface area is 202 Å². The standard InChI is InChI=1S/C22H20ClF4N5OS/c1-11-3-4-12(2)32(11)10-17-19(13-5-14(22(25,26)27)7-15(24)6-13)30-21(34-17)31-20(33)16-8-29-18(23)9-28-16/h5-9,11-12H,3-4,10H2,1-2H3,(H,30,31,33). The second kappa shape index (κ2) is 9.55. The van der Waals surface area contributed by atoms with Crippen LogP contribution in [-0.2, 0) is 12.7 Å². The fraction of sp³-hybridized carbons (Fsp3) is 0.364.